The molecule has 3 amide bonds. The first kappa shape index (κ1) is 20.3. The number of thioether (sulfide) groups is 1. The summed E-state index contributed by atoms with van der Waals surface area (Å²) in [5.41, 5.74) is 2.48. The van der Waals surface area contributed by atoms with Crippen LogP contribution < -0.4 is 15.4 Å². The van der Waals surface area contributed by atoms with Gasteiger partial charge in [0, 0.05) is 12.6 Å². The molecule has 1 heterocycles. The van der Waals surface area contributed by atoms with Crippen LogP contribution in [0.25, 0.3) is 6.08 Å². The zero-order valence-corrected chi connectivity index (χ0v) is 16.7. The van der Waals surface area contributed by atoms with Gasteiger partial charge in [0.05, 0.1) is 4.91 Å². The lowest BCUT2D eigenvalue weighted by molar-refractivity contribution is -0.118. The molecular weight excluding hydrogens is 390 g/mol. The maximum atomic E-state index is 12.1. The van der Waals surface area contributed by atoms with Crippen LogP contribution in [-0.4, -0.2) is 29.5 Å². The average Bonchev–Trinajstić information content (AvgIpc) is 2.98. The summed E-state index contributed by atoms with van der Waals surface area (Å²) in [5, 5.41) is 5.54. The summed E-state index contributed by atoms with van der Waals surface area (Å²) in [6, 6.07) is 14.5. The van der Waals surface area contributed by atoms with Gasteiger partial charge in [0.2, 0.25) is 5.91 Å². The maximum Gasteiger partial charge on any atom is 0.286 e. The lowest BCUT2D eigenvalue weighted by Crippen LogP contribution is -2.23. The van der Waals surface area contributed by atoms with Crippen molar-refractivity contribution in [3.8, 4) is 5.75 Å². The Kier molecular flexibility index (Phi) is 6.46. The molecule has 148 valence electrons. The number of anilines is 1. The van der Waals surface area contributed by atoms with E-state index in [9.17, 15) is 14.4 Å². The highest BCUT2D eigenvalue weighted by Crippen LogP contribution is 2.28. The molecule has 2 N–H and O–H groups in total. The summed E-state index contributed by atoms with van der Waals surface area (Å²) >= 11 is 1.09. The molecule has 1 aliphatic heterocycles. The number of amidine groups is 1. The Hall–Kier alpha value is -3.39. The number of nitrogens with one attached hydrogen (secondary N) is 2. The van der Waals surface area contributed by atoms with E-state index < -0.39 is 5.91 Å². The molecular formula is C21H19N3O4S. The van der Waals surface area contributed by atoms with Gasteiger partial charge in [-0.05, 0) is 60.2 Å². The third kappa shape index (κ3) is 6.05. The third-order valence-corrected chi connectivity index (χ3v) is 4.63. The van der Waals surface area contributed by atoms with Gasteiger partial charge in [0.1, 0.15) is 5.75 Å². The topological polar surface area (TPSA) is 96.9 Å². The van der Waals surface area contributed by atoms with Crippen molar-refractivity contribution in [1.29, 1.82) is 0 Å². The molecule has 2 aromatic carbocycles. The minimum absolute atomic E-state index is 0.141. The lowest BCUT2D eigenvalue weighted by Gasteiger charge is -2.08. The molecule has 0 unspecified atom stereocenters. The van der Waals surface area contributed by atoms with Gasteiger partial charge in [0.25, 0.3) is 11.8 Å². The standard InChI is InChI=1S/C21H19N3O4S/c1-13-5-3-7-16(9-13)23-19(26)12-28-17-8-4-6-15(10-17)11-18-20(27)24-21(29-18)22-14(2)25/h3-11H,12H2,1-2H3,(H,23,26)(H,22,24,25,27)/b18-11-. The largest absolute Gasteiger partial charge is 0.484 e. The summed E-state index contributed by atoms with van der Waals surface area (Å²) in [4.78, 5) is 39.3. The molecule has 1 aliphatic rings. The maximum absolute atomic E-state index is 12.1. The third-order valence-electron chi connectivity index (χ3n) is 3.73. The number of aryl methyl sites for hydroxylation is 1. The van der Waals surface area contributed by atoms with E-state index in [-0.39, 0.29) is 23.6 Å². The predicted octanol–water partition coefficient (Wildman–Crippen LogP) is 3.12. The van der Waals surface area contributed by atoms with Gasteiger partial charge in [-0.1, -0.05) is 24.3 Å². The van der Waals surface area contributed by atoms with Gasteiger partial charge in [-0.15, -0.1) is 0 Å². The Balaban J connectivity index is 1.59. The van der Waals surface area contributed by atoms with Crippen LogP contribution in [0.3, 0.4) is 0 Å². The van der Waals surface area contributed by atoms with Gasteiger partial charge in [0.15, 0.2) is 11.8 Å². The van der Waals surface area contributed by atoms with Crippen molar-refractivity contribution < 1.29 is 19.1 Å². The highest BCUT2D eigenvalue weighted by Gasteiger charge is 2.22. The van der Waals surface area contributed by atoms with E-state index in [0.29, 0.717) is 16.3 Å². The quantitative estimate of drug-likeness (QED) is 0.740. The number of hydrogen-bond acceptors (Lipinski definition) is 5. The molecule has 0 fully saturated rings. The second kappa shape index (κ2) is 9.20. The lowest BCUT2D eigenvalue weighted by atomic mass is 10.2. The van der Waals surface area contributed by atoms with E-state index >= 15 is 0 Å². The molecule has 0 spiro atoms. The number of benzene rings is 2. The molecule has 8 heteroatoms. The van der Waals surface area contributed by atoms with Crippen LogP contribution in [0.15, 0.2) is 58.4 Å². The van der Waals surface area contributed by atoms with Crippen LogP contribution in [0.4, 0.5) is 5.69 Å². The molecule has 0 saturated carbocycles. The van der Waals surface area contributed by atoms with Gasteiger partial charge < -0.3 is 15.4 Å². The Bertz CT molecular complexity index is 1030. The summed E-state index contributed by atoms with van der Waals surface area (Å²) < 4.78 is 5.56. The van der Waals surface area contributed by atoms with Crippen molar-refractivity contribution in [2.24, 2.45) is 4.99 Å². The predicted molar refractivity (Wildman–Crippen MR) is 114 cm³/mol. The molecule has 0 atom stereocenters. The first-order valence-corrected chi connectivity index (χ1v) is 9.60. The molecule has 0 saturated heterocycles. The zero-order chi connectivity index (χ0) is 20.8. The van der Waals surface area contributed by atoms with Crippen LogP contribution in [-0.2, 0) is 14.4 Å². The van der Waals surface area contributed by atoms with E-state index in [0.717, 1.165) is 22.9 Å². The first-order chi connectivity index (χ1) is 13.9. The number of nitrogens with zero attached hydrogens (tertiary/aromatic N) is 1. The number of carbonyl (C=O) groups excluding carboxylic acids is 3. The highest BCUT2D eigenvalue weighted by molar-refractivity contribution is 8.18. The Labute approximate surface area is 172 Å². The fraction of sp³-hybridized carbons (Fsp3) is 0.143. The Morgan fingerprint density at radius 2 is 1.93 bits per heavy atom. The fourth-order valence-electron chi connectivity index (χ4n) is 2.53. The van der Waals surface area contributed by atoms with Crippen LogP contribution in [0, 0.1) is 6.92 Å². The van der Waals surface area contributed by atoms with E-state index in [2.05, 4.69) is 15.6 Å². The highest BCUT2D eigenvalue weighted by atomic mass is 32.2. The van der Waals surface area contributed by atoms with Crippen LogP contribution in [0.1, 0.15) is 18.1 Å². The minimum atomic E-state index is -0.414. The second-order valence-electron chi connectivity index (χ2n) is 6.29. The van der Waals surface area contributed by atoms with Crippen molar-refractivity contribution in [2.75, 3.05) is 11.9 Å². The molecule has 0 aromatic heterocycles. The molecule has 29 heavy (non-hydrogen) atoms. The zero-order valence-electron chi connectivity index (χ0n) is 15.9. The molecule has 0 bridgehead atoms. The monoisotopic (exact) mass is 409 g/mol. The molecule has 7 nitrogen and oxygen atoms in total. The Morgan fingerprint density at radius 3 is 2.69 bits per heavy atom. The van der Waals surface area contributed by atoms with E-state index in [1.807, 2.05) is 31.2 Å². The second-order valence-corrected chi connectivity index (χ2v) is 7.32. The van der Waals surface area contributed by atoms with Crippen molar-refractivity contribution in [3.63, 3.8) is 0 Å². The minimum Gasteiger partial charge on any atom is -0.484 e. The molecule has 3 rings (SSSR count). The number of carbonyl (C=O) groups is 3. The number of amides is 3. The Morgan fingerprint density at radius 1 is 1.14 bits per heavy atom. The van der Waals surface area contributed by atoms with Crippen molar-refractivity contribution >= 4 is 46.4 Å². The van der Waals surface area contributed by atoms with Gasteiger partial charge in [-0.3, -0.25) is 14.4 Å². The number of rotatable bonds is 5. The summed E-state index contributed by atoms with van der Waals surface area (Å²) in [6.07, 6.45) is 1.66. The van der Waals surface area contributed by atoms with Crippen LogP contribution >= 0.6 is 11.8 Å². The summed E-state index contributed by atoms with van der Waals surface area (Å²) in [6.45, 7) is 3.16. The smallest absolute Gasteiger partial charge is 0.286 e. The van der Waals surface area contributed by atoms with Crippen molar-refractivity contribution in [1.82, 2.24) is 5.32 Å². The number of hydrogen-bond donors (Lipinski definition) is 2. The number of aliphatic imine (C=N–C) groups is 1. The average molecular weight is 409 g/mol. The van der Waals surface area contributed by atoms with Gasteiger partial charge in [-0.2, -0.15) is 4.99 Å². The van der Waals surface area contributed by atoms with E-state index in [1.54, 1.807) is 30.3 Å². The SMILES string of the molecule is CC(=O)NC1=NC(=O)/C(=C/c2cccc(OCC(=O)Nc3cccc(C)c3)c2)S1. The fourth-order valence-corrected chi connectivity index (χ4v) is 3.39. The van der Waals surface area contributed by atoms with Gasteiger partial charge >= 0.3 is 0 Å². The van der Waals surface area contributed by atoms with Crippen molar-refractivity contribution in [3.05, 3.63) is 64.6 Å². The van der Waals surface area contributed by atoms with E-state index in [4.69, 9.17) is 4.74 Å². The van der Waals surface area contributed by atoms with Crippen molar-refractivity contribution in [2.45, 2.75) is 13.8 Å². The molecule has 0 aliphatic carbocycles. The van der Waals surface area contributed by atoms with Crippen LogP contribution in [0.2, 0.25) is 0 Å². The summed E-state index contributed by atoms with van der Waals surface area (Å²) in [5.74, 6) is -0.473. The normalized spacial score (nSPS) is 14.5. The molecule has 0 radical (unpaired) electrons. The van der Waals surface area contributed by atoms with E-state index in [1.165, 1.54) is 6.92 Å². The van der Waals surface area contributed by atoms with Gasteiger partial charge in [-0.25, -0.2) is 0 Å². The molecule has 2 aromatic rings. The number of ether oxygens (including phenoxy) is 1. The summed E-state index contributed by atoms with van der Waals surface area (Å²) in [7, 11) is 0. The first-order valence-electron chi connectivity index (χ1n) is 8.78. The van der Waals surface area contributed by atoms with Crippen LogP contribution in [0.5, 0.6) is 5.75 Å².